The Kier molecular flexibility index (Phi) is 4.14. The van der Waals surface area contributed by atoms with Crippen LogP contribution in [0.5, 0.6) is 0 Å². The number of hydrazone groups is 1. The van der Waals surface area contributed by atoms with Gasteiger partial charge in [-0.05, 0) is 36.8 Å². The zero-order valence-corrected chi connectivity index (χ0v) is 12.7. The minimum absolute atomic E-state index is 0.0664. The lowest BCUT2D eigenvalue weighted by Crippen LogP contribution is -2.25. The van der Waals surface area contributed by atoms with Gasteiger partial charge in [0.15, 0.2) is 0 Å². The lowest BCUT2D eigenvalue weighted by molar-refractivity contribution is -0.121. The van der Waals surface area contributed by atoms with Crippen molar-refractivity contribution in [1.29, 1.82) is 0 Å². The van der Waals surface area contributed by atoms with Crippen LogP contribution < -0.4 is 10.7 Å². The fourth-order valence-corrected chi connectivity index (χ4v) is 2.29. The molecule has 6 heteroatoms. The van der Waals surface area contributed by atoms with Gasteiger partial charge in [0.2, 0.25) is 5.91 Å². The second kappa shape index (κ2) is 6.39. The van der Waals surface area contributed by atoms with Gasteiger partial charge in [-0.3, -0.25) is 9.59 Å². The highest BCUT2D eigenvalue weighted by molar-refractivity contribution is 6.05. The average Bonchev–Trinajstić information content (AvgIpc) is 2.56. The van der Waals surface area contributed by atoms with Crippen molar-refractivity contribution in [3.63, 3.8) is 0 Å². The standard InChI is InChI=1S/C17H16N4O2/c1-11-3-2-4-15(18-11)17(23)19-13-7-5-12(6-8-13)14-9-10-16(22)21-20-14/h2-8H,9-10H2,1H3,(H,19,23)(H,21,22). The lowest BCUT2D eigenvalue weighted by atomic mass is 10.0. The highest BCUT2D eigenvalue weighted by atomic mass is 16.2. The second-order valence-electron chi connectivity index (χ2n) is 5.29. The first kappa shape index (κ1) is 14.9. The van der Waals surface area contributed by atoms with E-state index in [0.717, 1.165) is 17.0 Å². The molecule has 0 saturated heterocycles. The van der Waals surface area contributed by atoms with Crippen LogP contribution in [0.2, 0.25) is 0 Å². The Labute approximate surface area is 133 Å². The van der Waals surface area contributed by atoms with Gasteiger partial charge >= 0.3 is 0 Å². The minimum Gasteiger partial charge on any atom is -0.321 e. The molecule has 0 unspecified atom stereocenters. The zero-order chi connectivity index (χ0) is 16.2. The summed E-state index contributed by atoms with van der Waals surface area (Å²) in [5, 5.41) is 6.86. The summed E-state index contributed by atoms with van der Waals surface area (Å²) in [6.45, 7) is 1.84. The van der Waals surface area contributed by atoms with E-state index >= 15 is 0 Å². The number of nitrogens with one attached hydrogen (secondary N) is 2. The van der Waals surface area contributed by atoms with Gasteiger partial charge in [0.25, 0.3) is 5.91 Å². The van der Waals surface area contributed by atoms with Gasteiger partial charge in [0.05, 0.1) is 5.71 Å². The van der Waals surface area contributed by atoms with Crippen LogP contribution in [0.1, 0.15) is 34.6 Å². The molecule has 0 bridgehead atoms. The number of anilines is 1. The predicted molar refractivity (Wildman–Crippen MR) is 87.3 cm³/mol. The Balaban J connectivity index is 1.70. The number of amides is 2. The van der Waals surface area contributed by atoms with Crippen LogP contribution in [-0.4, -0.2) is 22.5 Å². The highest BCUT2D eigenvalue weighted by Crippen LogP contribution is 2.15. The Morgan fingerprint density at radius 1 is 1.13 bits per heavy atom. The van der Waals surface area contributed by atoms with Crippen LogP contribution in [0.15, 0.2) is 47.6 Å². The fourth-order valence-electron chi connectivity index (χ4n) is 2.29. The molecule has 3 rings (SSSR count). The molecule has 2 heterocycles. The first-order valence-electron chi connectivity index (χ1n) is 7.33. The normalized spacial score (nSPS) is 14.0. The lowest BCUT2D eigenvalue weighted by Gasteiger charge is -2.12. The quantitative estimate of drug-likeness (QED) is 0.912. The smallest absolute Gasteiger partial charge is 0.274 e. The number of hydrogen-bond donors (Lipinski definition) is 2. The summed E-state index contributed by atoms with van der Waals surface area (Å²) in [6, 6.07) is 12.7. The van der Waals surface area contributed by atoms with Crippen molar-refractivity contribution in [2.45, 2.75) is 19.8 Å². The van der Waals surface area contributed by atoms with Crippen LogP contribution in [0.3, 0.4) is 0 Å². The third-order valence-corrected chi connectivity index (χ3v) is 3.50. The van der Waals surface area contributed by atoms with E-state index in [0.29, 0.717) is 24.2 Å². The molecule has 1 aliphatic rings. The Morgan fingerprint density at radius 3 is 2.57 bits per heavy atom. The van der Waals surface area contributed by atoms with Gasteiger partial charge in [-0.1, -0.05) is 18.2 Å². The van der Waals surface area contributed by atoms with Crippen LogP contribution in [0, 0.1) is 6.92 Å². The Morgan fingerprint density at radius 2 is 1.91 bits per heavy atom. The third kappa shape index (κ3) is 3.60. The van der Waals surface area contributed by atoms with Crippen LogP contribution in [-0.2, 0) is 4.79 Å². The van der Waals surface area contributed by atoms with E-state index in [4.69, 9.17) is 0 Å². The van der Waals surface area contributed by atoms with Gasteiger partial charge in [0, 0.05) is 24.2 Å². The van der Waals surface area contributed by atoms with Crippen molar-refractivity contribution >= 4 is 23.2 Å². The van der Waals surface area contributed by atoms with Gasteiger partial charge in [-0.15, -0.1) is 0 Å². The van der Waals surface area contributed by atoms with E-state index in [1.807, 2.05) is 37.3 Å². The van der Waals surface area contributed by atoms with E-state index in [-0.39, 0.29) is 11.8 Å². The number of nitrogens with zero attached hydrogens (tertiary/aromatic N) is 2. The number of carbonyl (C=O) groups is 2. The molecule has 116 valence electrons. The Hall–Kier alpha value is -3.02. The van der Waals surface area contributed by atoms with Crippen molar-refractivity contribution in [1.82, 2.24) is 10.4 Å². The molecule has 1 aromatic carbocycles. The Bertz CT molecular complexity index is 781. The molecule has 0 spiro atoms. The van der Waals surface area contributed by atoms with Gasteiger partial charge in [-0.2, -0.15) is 5.10 Å². The van der Waals surface area contributed by atoms with E-state index in [2.05, 4.69) is 20.8 Å². The number of pyridine rings is 1. The number of carbonyl (C=O) groups excluding carboxylic acids is 2. The van der Waals surface area contributed by atoms with Gasteiger partial charge < -0.3 is 5.32 Å². The topological polar surface area (TPSA) is 83.5 Å². The number of hydrogen-bond acceptors (Lipinski definition) is 4. The summed E-state index contributed by atoms with van der Waals surface area (Å²) < 4.78 is 0. The molecule has 1 aromatic heterocycles. The van der Waals surface area contributed by atoms with E-state index in [1.54, 1.807) is 12.1 Å². The van der Waals surface area contributed by atoms with Crippen molar-refractivity contribution in [2.75, 3.05) is 5.32 Å². The summed E-state index contributed by atoms with van der Waals surface area (Å²) >= 11 is 0. The monoisotopic (exact) mass is 308 g/mol. The summed E-state index contributed by atoms with van der Waals surface area (Å²) in [5.41, 5.74) is 6.10. The second-order valence-corrected chi connectivity index (χ2v) is 5.29. The molecule has 2 amide bonds. The number of aromatic nitrogens is 1. The maximum Gasteiger partial charge on any atom is 0.274 e. The van der Waals surface area contributed by atoms with Crippen LogP contribution in [0.25, 0.3) is 0 Å². The van der Waals surface area contributed by atoms with Gasteiger partial charge in [-0.25, -0.2) is 10.4 Å². The minimum atomic E-state index is -0.247. The molecular weight excluding hydrogens is 292 g/mol. The fraction of sp³-hybridized carbons (Fsp3) is 0.176. The number of rotatable bonds is 3. The van der Waals surface area contributed by atoms with Crippen molar-refractivity contribution in [3.8, 4) is 0 Å². The third-order valence-electron chi connectivity index (χ3n) is 3.50. The summed E-state index contributed by atoms with van der Waals surface area (Å²) in [7, 11) is 0. The summed E-state index contributed by atoms with van der Waals surface area (Å²) in [5.74, 6) is -0.313. The molecule has 0 atom stereocenters. The van der Waals surface area contributed by atoms with Crippen molar-refractivity contribution < 1.29 is 9.59 Å². The maximum absolute atomic E-state index is 12.1. The van der Waals surface area contributed by atoms with Crippen molar-refractivity contribution in [3.05, 3.63) is 59.4 Å². The van der Waals surface area contributed by atoms with Crippen LogP contribution in [0.4, 0.5) is 5.69 Å². The molecule has 1 aliphatic heterocycles. The number of benzene rings is 1. The largest absolute Gasteiger partial charge is 0.321 e. The van der Waals surface area contributed by atoms with Gasteiger partial charge in [0.1, 0.15) is 5.69 Å². The average molecular weight is 308 g/mol. The van der Waals surface area contributed by atoms with Crippen LogP contribution >= 0.6 is 0 Å². The molecule has 0 radical (unpaired) electrons. The number of aryl methyl sites for hydroxylation is 1. The summed E-state index contributed by atoms with van der Waals surface area (Å²) in [6.07, 6.45) is 1.06. The molecule has 23 heavy (non-hydrogen) atoms. The van der Waals surface area contributed by atoms with E-state index in [1.165, 1.54) is 0 Å². The zero-order valence-electron chi connectivity index (χ0n) is 12.7. The molecule has 6 nitrogen and oxygen atoms in total. The van der Waals surface area contributed by atoms with Crippen molar-refractivity contribution in [2.24, 2.45) is 5.10 Å². The highest BCUT2D eigenvalue weighted by Gasteiger charge is 2.13. The molecule has 2 N–H and O–H groups in total. The first-order chi connectivity index (χ1) is 11.1. The maximum atomic E-state index is 12.1. The SMILES string of the molecule is Cc1cccc(C(=O)Nc2ccc(C3=NNC(=O)CC3)cc2)n1. The molecule has 2 aromatic rings. The molecular formula is C17H16N4O2. The molecule has 0 fully saturated rings. The summed E-state index contributed by atoms with van der Waals surface area (Å²) in [4.78, 5) is 27.4. The van der Waals surface area contributed by atoms with E-state index < -0.39 is 0 Å². The molecule has 0 saturated carbocycles. The van der Waals surface area contributed by atoms with E-state index in [9.17, 15) is 9.59 Å². The predicted octanol–water partition coefficient (Wildman–Crippen LogP) is 2.26. The molecule has 0 aliphatic carbocycles. The first-order valence-corrected chi connectivity index (χ1v) is 7.33.